The van der Waals surface area contributed by atoms with Gasteiger partial charge in [0.05, 0.1) is 18.6 Å². The molecule has 4 heteroatoms. The maximum absolute atomic E-state index is 12.2. The largest absolute Gasteiger partial charge is 0.399 e. The molecule has 1 aromatic rings. The molecule has 0 saturated carbocycles. The van der Waals surface area contributed by atoms with Crippen molar-refractivity contribution in [3.05, 3.63) is 29.8 Å². The van der Waals surface area contributed by atoms with E-state index in [1.807, 2.05) is 43.0 Å². The zero-order valence-electron chi connectivity index (χ0n) is 10.9. The Bertz CT molecular complexity index is 406. The minimum absolute atomic E-state index is 0.115. The lowest BCUT2D eigenvalue weighted by Gasteiger charge is -2.35. The molecule has 2 rings (SSSR count). The number of hydrogen-bond donors (Lipinski definition) is 1. The number of carbonyl (C=O) groups excluding carboxylic acids is 1. The van der Waals surface area contributed by atoms with Gasteiger partial charge in [-0.1, -0.05) is 12.1 Å². The first-order chi connectivity index (χ1) is 8.54. The van der Waals surface area contributed by atoms with Crippen LogP contribution in [0.2, 0.25) is 0 Å². The number of nitrogens with two attached hydrogens (primary N) is 1. The molecule has 98 valence electrons. The molecule has 0 radical (unpaired) electrons. The van der Waals surface area contributed by atoms with Gasteiger partial charge in [-0.3, -0.25) is 4.79 Å². The van der Waals surface area contributed by atoms with Crippen molar-refractivity contribution >= 4 is 11.6 Å². The normalized spacial score (nSPS) is 24.0. The maximum atomic E-state index is 12.2. The summed E-state index contributed by atoms with van der Waals surface area (Å²) in [5.41, 5.74) is 7.35. The van der Waals surface area contributed by atoms with Gasteiger partial charge in [0, 0.05) is 18.8 Å². The summed E-state index contributed by atoms with van der Waals surface area (Å²) in [7, 11) is 0. The Morgan fingerprint density at radius 2 is 1.83 bits per heavy atom. The van der Waals surface area contributed by atoms with Crippen molar-refractivity contribution in [1.82, 2.24) is 4.90 Å². The van der Waals surface area contributed by atoms with Gasteiger partial charge in [0.25, 0.3) is 0 Å². The number of morpholine rings is 1. The molecule has 1 amide bonds. The first-order valence-corrected chi connectivity index (χ1v) is 6.32. The average Bonchev–Trinajstić information content (AvgIpc) is 2.31. The summed E-state index contributed by atoms with van der Waals surface area (Å²) < 4.78 is 5.62. The molecular weight excluding hydrogens is 228 g/mol. The molecule has 0 aromatic heterocycles. The van der Waals surface area contributed by atoms with E-state index in [9.17, 15) is 4.79 Å². The molecule has 1 aromatic carbocycles. The molecule has 2 atom stereocenters. The number of carbonyl (C=O) groups is 1. The van der Waals surface area contributed by atoms with Gasteiger partial charge in [-0.15, -0.1) is 0 Å². The molecule has 1 saturated heterocycles. The third-order valence-electron chi connectivity index (χ3n) is 3.11. The summed E-state index contributed by atoms with van der Waals surface area (Å²) >= 11 is 0. The Labute approximate surface area is 108 Å². The van der Waals surface area contributed by atoms with Crippen molar-refractivity contribution in [1.29, 1.82) is 0 Å². The fraction of sp³-hybridized carbons (Fsp3) is 0.500. The lowest BCUT2D eigenvalue weighted by molar-refractivity contribution is -0.142. The molecule has 0 spiro atoms. The van der Waals surface area contributed by atoms with Gasteiger partial charge in [0.15, 0.2) is 0 Å². The molecule has 18 heavy (non-hydrogen) atoms. The van der Waals surface area contributed by atoms with Crippen LogP contribution >= 0.6 is 0 Å². The summed E-state index contributed by atoms with van der Waals surface area (Å²) in [5.74, 6) is 0.154. The summed E-state index contributed by atoms with van der Waals surface area (Å²) in [5, 5.41) is 0. The number of amides is 1. The van der Waals surface area contributed by atoms with Crippen LogP contribution < -0.4 is 5.73 Å². The highest BCUT2D eigenvalue weighted by Crippen LogP contribution is 2.13. The lowest BCUT2D eigenvalue weighted by Crippen LogP contribution is -2.48. The second-order valence-electron chi connectivity index (χ2n) is 4.97. The van der Waals surface area contributed by atoms with E-state index < -0.39 is 0 Å². The first kappa shape index (κ1) is 12.9. The van der Waals surface area contributed by atoms with Crippen LogP contribution in [-0.2, 0) is 16.0 Å². The molecule has 1 aliphatic rings. The number of anilines is 1. The summed E-state index contributed by atoms with van der Waals surface area (Å²) in [6.45, 7) is 5.36. The fourth-order valence-corrected chi connectivity index (χ4v) is 2.30. The molecule has 1 aliphatic heterocycles. The van der Waals surface area contributed by atoms with Gasteiger partial charge in [-0.25, -0.2) is 0 Å². The number of nitrogen functional groups attached to an aromatic ring is 1. The molecule has 1 heterocycles. The fourth-order valence-electron chi connectivity index (χ4n) is 2.30. The van der Waals surface area contributed by atoms with E-state index in [0.29, 0.717) is 19.5 Å². The van der Waals surface area contributed by atoms with E-state index in [-0.39, 0.29) is 18.1 Å². The van der Waals surface area contributed by atoms with Crippen molar-refractivity contribution in [2.45, 2.75) is 32.5 Å². The van der Waals surface area contributed by atoms with Gasteiger partial charge >= 0.3 is 0 Å². The predicted octanol–water partition coefficient (Wildman–Crippen LogP) is 1.45. The maximum Gasteiger partial charge on any atom is 0.227 e. The average molecular weight is 248 g/mol. The van der Waals surface area contributed by atoms with E-state index in [4.69, 9.17) is 10.5 Å². The highest BCUT2D eigenvalue weighted by atomic mass is 16.5. The van der Waals surface area contributed by atoms with E-state index in [1.54, 1.807) is 0 Å². The molecule has 4 nitrogen and oxygen atoms in total. The van der Waals surface area contributed by atoms with E-state index in [2.05, 4.69) is 0 Å². The Kier molecular flexibility index (Phi) is 3.87. The zero-order valence-corrected chi connectivity index (χ0v) is 10.9. The van der Waals surface area contributed by atoms with E-state index >= 15 is 0 Å². The quantitative estimate of drug-likeness (QED) is 0.806. The van der Waals surface area contributed by atoms with Crippen LogP contribution in [0.1, 0.15) is 19.4 Å². The number of rotatable bonds is 2. The van der Waals surface area contributed by atoms with Gasteiger partial charge in [0.1, 0.15) is 0 Å². The Balaban J connectivity index is 1.97. The van der Waals surface area contributed by atoms with Crippen LogP contribution in [0.25, 0.3) is 0 Å². The molecule has 0 aliphatic carbocycles. The molecule has 1 fully saturated rings. The lowest BCUT2D eigenvalue weighted by atomic mass is 10.1. The highest BCUT2D eigenvalue weighted by Gasteiger charge is 2.25. The number of benzene rings is 1. The number of nitrogens with zero attached hydrogens (tertiary/aromatic N) is 1. The van der Waals surface area contributed by atoms with Crippen molar-refractivity contribution < 1.29 is 9.53 Å². The molecule has 2 unspecified atom stereocenters. The Morgan fingerprint density at radius 1 is 1.28 bits per heavy atom. The van der Waals surface area contributed by atoms with Crippen LogP contribution in [-0.4, -0.2) is 36.1 Å². The van der Waals surface area contributed by atoms with Crippen molar-refractivity contribution in [2.24, 2.45) is 0 Å². The van der Waals surface area contributed by atoms with Crippen LogP contribution in [0.3, 0.4) is 0 Å². The van der Waals surface area contributed by atoms with E-state index in [1.165, 1.54) is 0 Å². The second kappa shape index (κ2) is 5.40. The first-order valence-electron chi connectivity index (χ1n) is 6.32. The van der Waals surface area contributed by atoms with Gasteiger partial charge in [-0.05, 0) is 31.5 Å². The van der Waals surface area contributed by atoms with Gasteiger partial charge < -0.3 is 15.4 Å². The van der Waals surface area contributed by atoms with Crippen molar-refractivity contribution in [2.75, 3.05) is 18.8 Å². The van der Waals surface area contributed by atoms with Crippen molar-refractivity contribution in [3.63, 3.8) is 0 Å². The van der Waals surface area contributed by atoms with Gasteiger partial charge in [-0.2, -0.15) is 0 Å². The molecule has 2 N–H and O–H groups in total. The van der Waals surface area contributed by atoms with Crippen LogP contribution in [0.5, 0.6) is 0 Å². The third-order valence-corrected chi connectivity index (χ3v) is 3.11. The van der Waals surface area contributed by atoms with Crippen LogP contribution in [0.4, 0.5) is 5.69 Å². The molecule has 0 bridgehead atoms. The Morgan fingerprint density at radius 3 is 2.39 bits per heavy atom. The third kappa shape index (κ3) is 3.23. The Hall–Kier alpha value is -1.55. The highest BCUT2D eigenvalue weighted by molar-refractivity contribution is 5.79. The standard InChI is InChI=1S/C14H20N2O2/c1-10-8-16(9-11(2)18-10)14(17)7-12-3-5-13(15)6-4-12/h3-6,10-11H,7-9,15H2,1-2H3. The van der Waals surface area contributed by atoms with E-state index in [0.717, 1.165) is 11.3 Å². The summed E-state index contributed by atoms with van der Waals surface area (Å²) in [6, 6.07) is 7.46. The number of hydrogen-bond acceptors (Lipinski definition) is 3. The zero-order chi connectivity index (χ0) is 13.1. The predicted molar refractivity (Wildman–Crippen MR) is 71.1 cm³/mol. The van der Waals surface area contributed by atoms with Crippen LogP contribution in [0, 0.1) is 0 Å². The summed E-state index contributed by atoms with van der Waals surface area (Å²) in [4.78, 5) is 14.1. The smallest absolute Gasteiger partial charge is 0.227 e. The van der Waals surface area contributed by atoms with Crippen molar-refractivity contribution in [3.8, 4) is 0 Å². The van der Waals surface area contributed by atoms with Crippen LogP contribution in [0.15, 0.2) is 24.3 Å². The number of ether oxygens (including phenoxy) is 1. The topological polar surface area (TPSA) is 55.6 Å². The SMILES string of the molecule is CC1CN(C(=O)Cc2ccc(N)cc2)CC(C)O1. The second-order valence-corrected chi connectivity index (χ2v) is 4.97. The minimum atomic E-state index is 0.115. The monoisotopic (exact) mass is 248 g/mol. The van der Waals surface area contributed by atoms with Gasteiger partial charge in [0.2, 0.25) is 5.91 Å². The minimum Gasteiger partial charge on any atom is -0.399 e. The summed E-state index contributed by atoms with van der Waals surface area (Å²) in [6.07, 6.45) is 0.660. The molecular formula is C14H20N2O2.